The van der Waals surface area contributed by atoms with E-state index in [2.05, 4.69) is 21.7 Å². The number of hydrogen-bond acceptors (Lipinski definition) is 4. The summed E-state index contributed by atoms with van der Waals surface area (Å²) < 4.78 is 1.87. The van der Waals surface area contributed by atoms with Crippen LogP contribution < -0.4 is 10.6 Å². The van der Waals surface area contributed by atoms with Crippen LogP contribution in [-0.2, 0) is 11.8 Å². The molecule has 0 fully saturated rings. The van der Waals surface area contributed by atoms with E-state index < -0.39 is 6.04 Å². The fourth-order valence-corrected chi connectivity index (χ4v) is 2.79. The smallest absolute Gasteiger partial charge is 0.240 e. The minimum atomic E-state index is -0.391. The fourth-order valence-electron chi connectivity index (χ4n) is 2.66. The SMILES string of the molecule is Cn1ccnc1[C@H](NC(=O)CNc1ccc(C#N)cc1)c1ccc(Cl)cc1. The van der Waals surface area contributed by atoms with Crippen molar-refractivity contribution >= 4 is 23.2 Å². The number of carbonyl (C=O) groups is 1. The predicted octanol–water partition coefficient (Wildman–Crippen LogP) is 3.26. The molecule has 6 nitrogen and oxygen atoms in total. The number of anilines is 1. The van der Waals surface area contributed by atoms with Crippen LogP contribution in [-0.4, -0.2) is 22.0 Å². The molecule has 2 aromatic carbocycles. The summed E-state index contributed by atoms with van der Waals surface area (Å²) in [7, 11) is 1.88. The molecule has 27 heavy (non-hydrogen) atoms. The summed E-state index contributed by atoms with van der Waals surface area (Å²) in [6.45, 7) is 0.0976. The number of hydrogen-bond donors (Lipinski definition) is 2. The van der Waals surface area contributed by atoms with Crippen molar-refractivity contribution in [1.29, 1.82) is 5.26 Å². The molecular formula is C20H18ClN5O. The lowest BCUT2D eigenvalue weighted by Crippen LogP contribution is -2.35. The first-order valence-corrected chi connectivity index (χ1v) is 8.70. The molecule has 0 saturated heterocycles. The Kier molecular flexibility index (Phi) is 5.74. The Morgan fingerprint density at radius 2 is 1.93 bits per heavy atom. The van der Waals surface area contributed by atoms with Gasteiger partial charge in [0.15, 0.2) is 0 Å². The van der Waals surface area contributed by atoms with Gasteiger partial charge in [0.1, 0.15) is 11.9 Å². The van der Waals surface area contributed by atoms with Crippen LogP contribution in [0.25, 0.3) is 0 Å². The van der Waals surface area contributed by atoms with E-state index in [1.165, 1.54) is 0 Å². The monoisotopic (exact) mass is 379 g/mol. The Hall–Kier alpha value is -3.30. The van der Waals surface area contributed by atoms with Crippen molar-refractivity contribution in [3.05, 3.63) is 82.9 Å². The van der Waals surface area contributed by atoms with Crippen molar-refractivity contribution < 1.29 is 4.79 Å². The highest BCUT2D eigenvalue weighted by Crippen LogP contribution is 2.22. The molecule has 0 bridgehead atoms. The summed E-state index contributed by atoms with van der Waals surface area (Å²) in [5.74, 6) is 0.548. The van der Waals surface area contributed by atoms with Crippen molar-refractivity contribution in [2.24, 2.45) is 7.05 Å². The van der Waals surface area contributed by atoms with E-state index in [0.717, 1.165) is 17.1 Å². The molecule has 1 aromatic heterocycles. The second kappa shape index (κ2) is 8.39. The maximum absolute atomic E-state index is 12.5. The van der Waals surface area contributed by atoms with E-state index in [1.54, 1.807) is 42.6 Å². The van der Waals surface area contributed by atoms with Gasteiger partial charge in [-0.3, -0.25) is 4.79 Å². The number of carbonyl (C=O) groups excluding carboxylic acids is 1. The number of halogens is 1. The van der Waals surface area contributed by atoms with Gasteiger partial charge < -0.3 is 15.2 Å². The number of nitrogens with one attached hydrogen (secondary N) is 2. The lowest BCUT2D eigenvalue weighted by atomic mass is 10.1. The third kappa shape index (κ3) is 4.66. The molecule has 0 radical (unpaired) electrons. The number of rotatable bonds is 6. The average Bonchev–Trinajstić information content (AvgIpc) is 3.11. The molecule has 0 aliphatic carbocycles. The van der Waals surface area contributed by atoms with E-state index in [4.69, 9.17) is 16.9 Å². The number of imidazole rings is 1. The molecule has 0 saturated carbocycles. The molecule has 136 valence electrons. The van der Waals surface area contributed by atoms with E-state index in [9.17, 15) is 4.79 Å². The third-order valence-electron chi connectivity index (χ3n) is 4.09. The standard InChI is InChI=1S/C20H18ClN5O/c1-26-11-10-23-20(26)19(15-4-6-16(21)7-5-15)25-18(27)13-24-17-8-2-14(12-22)3-9-17/h2-11,19,24H,13H2,1H3,(H,25,27)/t19-/m1/s1. The van der Waals surface area contributed by atoms with E-state index in [-0.39, 0.29) is 12.5 Å². The Bertz CT molecular complexity index is 957. The highest BCUT2D eigenvalue weighted by Gasteiger charge is 2.20. The molecule has 1 amide bonds. The zero-order valence-electron chi connectivity index (χ0n) is 14.7. The average molecular weight is 380 g/mol. The number of amides is 1. The Balaban J connectivity index is 1.71. The summed E-state index contributed by atoms with van der Waals surface area (Å²) in [5.41, 5.74) is 2.23. The largest absolute Gasteiger partial charge is 0.376 e. The first kappa shape index (κ1) is 18.5. The van der Waals surface area contributed by atoms with Gasteiger partial charge in [0.05, 0.1) is 18.2 Å². The molecule has 0 unspecified atom stereocenters. The van der Waals surface area contributed by atoms with Gasteiger partial charge in [-0.25, -0.2) is 4.98 Å². The first-order valence-electron chi connectivity index (χ1n) is 8.33. The molecule has 2 N–H and O–H groups in total. The fraction of sp³-hybridized carbons (Fsp3) is 0.150. The second-order valence-electron chi connectivity index (χ2n) is 5.99. The maximum Gasteiger partial charge on any atom is 0.240 e. The summed E-state index contributed by atoms with van der Waals surface area (Å²) in [6, 6.07) is 15.9. The van der Waals surface area contributed by atoms with Gasteiger partial charge in [-0.1, -0.05) is 23.7 Å². The minimum Gasteiger partial charge on any atom is -0.376 e. The summed E-state index contributed by atoms with van der Waals surface area (Å²) in [4.78, 5) is 16.9. The number of aromatic nitrogens is 2. The van der Waals surface area contributed by atoms with Gasteiger partial charge in [0.25, 0.3) is 0 Å². The van der Waals surface area contributed by atoms with Crippen LogP contribution in [0.1, 0.15) is 23.0 Å². The van der Waals surface area contributed by atoms with Gasteiger partial charge >= 0.3 is 0 Å². The molecule has 7 heteroatoms. The molecular weight excluding hydrogens is 362 g/mol. The zero-order valence-corrected chi connectivity index (χ0v) is 15.4. The maximum atomic E-state index is 12.5. The van der Waals surface area contributed by atoms with Crippen LogP contribution in [0.5, 0.6) is 0 Å². The van der Waals surface area contributed by atoms with Gasteiger partial charge in [-0.15, -0.1) is 0 Å². The topological polar surface area (TPSA) is 82.7 Å². The molecule has 0 aliphatic rings. The van der Waals surface area contributed by atoms with Crippen LogP contribution in [0, 0.1) is 11.3 Å². The van der Waals surface area contributed by atoms with Gasteiger partial charge in [-0.2, -0.15) is 5.26 Å². The normalized spacial score (nSPS) is 11.4. The summed E-state index contributed by atoms with van der Waals surface area (Å²) >= 11 is 5.98. The first-order chi connectivity index (χ1) is 13.1. The van der Waals surface area contributed by atoms with Crippen LogP contribution in [0.3, 0.4) is 0 Å². The van der Waals surface area contributed by atoms with E-state index >= 15 is 0 Å². The highest BCUT2D eigenvalue weighted by atomic mass is 35.5. The van der Waals surface area contributed by atoms with Gasteiger partial charge in [-0.05, 0) is 42.0 Å². The molecule has 1 atom stereocenters. The molecule has 3 rings (SSSR count). The molecule has 0 aliphatic heterocycles. The number of nitrogens with zero attached hydrogens (tertiary/aromatic N) is 3. The lowest BCUT2D eigenvalue weighted by molar-refractivity contribution is -0.119. The zero-order chi connectivity index (χ0) is 19.2. The van der Waals surface area contributed by atoms with Crippen LogP contribution in [0.15, 0.2) is 60.9 Å². The number of nitriles is 1. The van der Waals surface area contributed by atoms with Crippen LogP contribution in [0.2, 0.25) is 5.02 Å². The quantitative estimate of drug-likeness (QED) is 0.688. The van der Waals surface area contributed by atoms with Gasteiger partial charge in [0, 0.05) is 30.2 Å². The summed E-state index contributed by atoms with van der Waals surface area (Å²) in [5, 5.41) is 15.5. The van der Waals surface area contributed by atoms with Crippen molar-refractivity contribution in [1.82, 2.24) is 14.9 Å². The van der Waals surface area contributed by atoms with Gasteiger partial charge in [0.2, 0.25) is 5.91 Å². The number of aryl methyl sites for hydroxylation is 1. The summed E-state index contributed by atoms with van der Waals surface area (Å²) in [6.07, 6.45) is 3.53. The molecule has 1 heterocycles. The second-order valence-corrected chi connectivity index (χ2v) is 6.43. The van der Waals surface area contributed by atoms with Crippen molar-refractivity contribution in [2.45, 2.75) is 6.04 Å². The molecule has 3 aromatic rings. The Labute approximate surface area is 162 Å². The van der Waals surface area contributed by atoms with Crippen molar-refractivity contribution in [2.75, 3.05) is 11.9 Å². The third-order valence-corrected chi connectivity index (χ3v) is 4.34. The predicted molar refractivity (Wildman–Crippen MR) is 104 cm³/mol. The van der Waals surface area contributed by atoms with Crippen LogP contribution >= 0.6 is 11.6 Å². The highest BCUT2D eigenvalue weighted by molar-refractivity contribution is 6.30. The lowest BCUT2D eigenvalue weighted by Gasteiger charge is -2.19. The van der Waals surface area contributed by atoms with E-state index in [1.807, 2.05) is 29.9 Å². The number of benzene rings is 2. The van der Waals surface area contributed by atoms with Crippen molar-refractivity contribution in [3.63, 3.8) is 0 Å². The Morgan fingerprint density at radius 3 is 2.52 bits per heavy atom. The Morgan fingerprint density at radius 1 is 1.22 bits per heavy atom. The van der Waals surface area contributed by atoms with E-state index in [0.29, 0.717) is 10.6 Å². The van der Waals surface area contributed by atoms with Crippen molar-refractivity contribution in [3.8, 4) is 6.07 Å². The minimum absolute atomic E-state index is 0.0976. The molecule has 0 spiro atoms. The van der Waals surface area contributed by atoms with Crippen LogP contribution in [0.4, 0.5) is 5.69 Å².